The Morgan fingerprint density at radius 3 is 2.69 bits per heavy atom. The molecule has 5 rings (SSSR count). The van der Waals surface area contributed by atoms with Crippen LogP contribution in [0.3, 0.4) is 0 Å². The van der Waals surface area contributed by atoms with Crippen molar-refractivity contribution in [3.05, 3.63) is 59.7 Å². The molecule has 0 aliphatic carbocycles. The van der Waals surface area contributed by atoms with Crippen LogP contribution < -0.4 is 19.7 Å². The molecule has 0 radical (unpaired) electrons. The smallest absolute Gasteiger partial charge is 0.248 e. The molecule has 3 heterocycles. The summed E-state index contributed by atoms with van der Waals surface area (Å²) in [5.74, 6) is 2.25. The number of anilines is 2. The van der Waals surface area contributed by atoms with Crippen LogP contribution in [0.5, 0.6) is 11.5 Å². The summed E-state index contributed by atoms with van der Waals surface area (Å²) in [6, 6.07) is 13.6. The highest BCUT2D eigenvalue weighted by molar-refractivity contribution is 6.03. The molecule has 0 saturated carbocycles. The standard InChI is InChI=1S/C25H26N4O3/c1-17-13-24(29-11-9-28(2)10-12-29)27-21-6-5-19(15-20(17)21)26-25(30)8-4-18-3-7-22-23(14-18)32-16-31-22/h3-8,13-15H,9-12,16H2,1-2H3,(H,26,30)/b8-4+. The van der Waals surface area contributed by atoms with Gasteiger partial charge < -0.3 is 24.6 Å². The monoisotopic (exact) mass is 430 g/mol. The normalized spacial score (nSPS) is 16.1. The number of nitrogens with zero attached hydrogens (tertiary/aromatic N) is 3. The number of aryl methyl sites for hydroxylation is 1. The minimum absolute atomic E-state index is 0.193. The van der Waals surface area contributed by atoms with Crippen molar-refractivity contribution in [2.75, 3.05) is 50.2 Å². The fraction of sp³-hybridized carbons (Fsp3) is 0.280. The van der Waals surface area contributed by atoms with Crippen LogP contribution in [-0.4, -0.2) is 55.8 Å². The van der Waals surface area contributed by atoms with Crippen molar-refractivity contribution < 1.29 is 14.3 Å². The van der Waals surface area contributed by atoms with Gasteiger partial charge in [0.15, 0.2) is 11.5 Å². The van der Waals surface area contributed by atoms with Gasteiger partial charge in [-0.2, -0.15) is 0 Å². The predicted molar refractivity (Wildman–Crippen MR) is 126 cm³/mol. The maximum atomic E-state index is 12.4. The van der Waals surface area contributed by atoms with Gasteiger partial charge in [-0.05, 0) is 67.6 Å². The summed E-state index contributed by atoms with van der Waals surface area (Å²) in [5, 5.41) is 3.98. The summed E-state index contributed by atoms with van der Waals surface area (Å²) in [7, 11) is 2.15. The molecule has 2 aromatic carbocycles. The van der Waals surface area contributed by atoms with Gasteiger partial charge in [0.1, 0.15) is 5.82 Å². The van der Waals surface area contributed by atoms with E-state index in [1.54, 1.807) is 6.08 Å². The molecular formula is C25H26N4O3. The Labute approximate surface area is 187 Å². The number of likely N-dealkylation sites (N-methyl/N-ethyl adjacent to an activating group) is 1. The Balaban J connectivity index is 1.29. The summed E-state index contributed by atoms with van der Waals surface area (Å²) in [6.07, 6.45) is 3.27. The highest BCUT2D eigenvalue weighted by Crippen LogP contribution is 2.33. The number of nitrogens with one attached hydrogen (secondary N) is 1. The van der Waals surface area contributed by atoms with Crippen LogP contribution in [0, 0.1) is 6.92 Å². The first-order valence-corrected chi connectivity index (χ1v) is 10.8. The van der Waals surface area contributed by atoms with Gasteiger partial charge in [0.25, 0.3) is 0 Å². The molecule has 164 valence electrons. The van der Waals surface area contributed by atoms with E-state index in [0.717, 1.165) is 65.5 Å². The average molecular weight is 431 g/mol. The molecule has 0 spiro atoms. The van der Waals surface area contributed by atoms with Crippen molar-refractivity contribution in [2.24, 2.45) is 0 Å². The van der Waals surface area contributed by atoms with Crippen molar-refractivity contribution >= 4 is 34.4 Å². The van der Waals surface area contributed by atoms with Gasteiger partial charge >= 0.3 is 0 Å². The first-order valence-electron chi connectivity index (χ1n) is 10.8. The highest BCUT2D eigenvalue weighted by atomic mass is 16.7. The molecule has 1 amide bonds. The van der Waals surface area contributed by atoms with E-state index in [0.29, 0.717) is 5.75 Å². The first kappa shape index (κ1) is 20.3. The van der Waals surface area contributed by atoms with Crippen molar-refractivity contribution in [3.8, 4) is 11.5 Å². The zero-order chi connectivity index (χ0) is 22.1. The van der Waals surface area contributed by atoms with Gasteiger partial charge in [-0.15, -0.1) is 0 Å². The fourth-order valence-corrected chi connectivity index (χ4v) is 4.02. The maximum Gasteiger partial charge on any atom is 0.248 e. The molecule has 1 fully saturated rings. The third-order valence-electron chi connectivity index (χ3n) is 5.92. The second-order valence-electron chi connectivity index (χ2n) is 8.25. The summed E-state index contributed by atoms with van der Waals surface area (Å²) >= 11 is 0. The molecular weight excluding hydrogens is 404 g/mol. The van der Waals surface area contributed by atoms with Crippen LogP contribution in [0.2, 0.25) is 0 Å². The molecule has 32 heavy (non-hydrogen) atoms. The predicted octanol–water partition coefficient (Wildman–Crippen LogP) is 3.68. The average Bonchev–Trinajstić information content (AvgIpc) is 3.26. The van der Waals surface area contributed by atoms with Crippen LogP contribution in [0.25, 0.3) is 17.0 Å². The van der Waals surface area contributed by atoms with Gasteiger partial charge in [-0.3, -0.25) is 4.79 Å². The van der Waals surface area contributed by atoms with E-state index in [9.17, 15) is 4.79 Å². The Morgan fingerprint density at radius 2 is 1.84 bits per heavy atom. The molecule has 1 saturated heterocycles. The van der Waals surface area contributed by atoms with Crippen LogP contribution in [0.4, 0.5) is 11.5 Å². The van der Waals surface area contributed by atoms with Crippen molar-refractivity contribution in [1.29, 1.82) is 0 Å². The third kappa shape index (κ3) is 4.24. The van der Waals surface area contributed by atoms with E-state index in [1.807, 2.05) is 36.4 Å². The number of piperazine rings is 1. The Morgan fingerprint density at radius 1 is 1.03 bits per heavy atom. The minimum Gasteiger partial charge on any atom is -0.454 e. The second kappa shape index (κ2) is 8.51. The second-order valence-corrected chi connectivity index (χ2v) is 8.25. The largest absolute Gasteiger partial charge is 0.454 e. The minimum atomic E-state index is -0.193. The topological polar surface area (TPSA) is 66.9 Å². The summed E-state index contributed by atoms with van der Waals surface area (Å²) in [4.78, 5) is 22.0. The number of hydrogen-bond donors (Lipinski definition) is 1. The third-order valence-corrected chi connectivity index (χ3v) is 5.92. The Bertz CT molecular complexity index is 1200. The number of carbonyl (C=O) groups is 1. The molecule has 0 atom stereocenters. The molecule has 7 nitrogen and oxygen atoms in total. The first-order chi connectivity index (χ1) is 15.5. The summed E-state index contributed by atoms with van der Waals surface area (Å²) in [6.45, 7) is 6.38. The van der Waals surface area contributed by atoms with E-state index in [-0.39, 0.29) is 12.7 Å². The number of ether oxygens (including phenoxy) is 2. The van der Waals surface area contributed by atoms with Crippen molar-refractivity contribution in [3.63, 3.8) is 0 Å². The number of fused-ring (bicyclic) bond motifs is 2. The van der Waals surface area contributed by atoms with Gasteiger partial charge in [-0.1, -0.05) is 6.07 Å². The number of hydrogen-bond acceptors (Lipinski definition) is 6. The van der Waals surface area contributed by atoms with E-state index < -0.39 is 0 Å². The number of amides is 1. The molecule has 2 aliphatic rings. The molecule has 1 N–H and O–H groups in total. The fourth-order valence-electron chi connectivity index (χ4n) is 4.02. The van der Waals surface area contributed by atoms with E-state index in [2.05, 4.69) is 35.2 Å². The lowest BCUT2D eigenvalue weighted by Gasteiger charge is -2.33. The van der Waals surface area contributed by atoms with E-state index in [1.165, 1.54) is 6.08 Å². The zero-order valence-electron chi connectivity index (χ0n) is 18.3. The number of rotatable bonds is 4. The summed E-state index contributed by atoms with van der Waals surface area (Å²) in [5.41, 5.74) is 3.71. The lowest BCUT2D eigenvalue weighted by atomic mass is 10.1. The number of aromatic nitrogens is 1. The molecule has 7 heteroatoms. The quantitative estimate of drug-likeness (QED) is 0.637. The zero-order valence-corrected chi connectivity index (χ0v) is 18.3. The summed E-state index contributed by atoms with van der Waals surface area (Å²) < 4.78 is 10.7. The van der Waals surface area contributed by atoms with Crippen LogP contribution in [0.1, 0.15) is 11.1 Å². The molecule has 2 aliphatic heterocycles. The number of benzene rings is 2. The molecule has 0 bridgehead atoms. The molecule has 3 aromatic rings. The van der Waals surface area contributed by atoms with Crippen molar-refractivity contribution in [2.45, 2.75) is 6.92 Å². The maximum absolute atomic E-state index is 12.4. The highest BCUT2D eigenvalue weighted by Gasteiger charge is 2.17. The van der Waals surface area contributed by atoms with E-state index >= 15 is 0 Å². The van der Waals surface area contributed by atoms with Gasteiger partial charge in [0.05, 0.1) is 5.52 Å². The van der Waals surface area contributed by atoms with Gasteiger partial charge in [-0.25, -0.2) is 4.98 Å². The van der Waals surface area contributed by atoms with Gasteiger partial charge in [0, 0.05) is 43.3 Å². The van der Waals surface area contributed by atoms with Crippen LogP contribution >= 0.6 is 0 Å². The van der Waals surface area contributed by atoms with Crippen LogP contribution in [-0.2, 0) is 4.79 Å². The lowest BCUT2D eigenvalue weighted by molar-refractivity contribution is -0.111. The SMILES string of the molecule is Cc1cc(N2CCN(C)CC2)nc2ccc(NC(=O)/C=C/c3ccc4c(c3)OCO4)cc12. The molecule has 0 unspecified atom stereocenters. The van der Waals surface area contributed by atoms with Crippen molar-refractivity contribution in [1.82, 2.24) is 9.88 Å². The number of carbonyl (C=O) groups excluding carboxylic acids is 1. The molecule has 1 aromatic heterocycles. The number of pyridine rings is 1. The Kier molecular flexibility index (Phi) is 5.41. The lowest BCUT2D eigenvalue weighted by Crippen LogP contribution is -2.44. The van der Waals surface area contributed by atoms with E-state index in [4.69, 9.17) is 14.5 Å². The van der Waals surface area contributed by atoms with Gasteiger partial charge in [0.2, 0.25) is 12.7 Å². The van der Waals surface area contributed by atoms with Crippen LogP contribution in [0.15, 0.2) is 48.5 Å². The Hall–Kier alpha value is -3.58.